The highest BCUT2D eigenvalue weighted by molar-refractivity contribution is 5.67. The summed E-state index contributed by atoms with van der Waals surface area (Å²) in [7, 11) is 1.61. The van der Waals surface area contributed by atoms with E-state index in [0.29, 0.717) is 11.3 Å². The minimum Gasteiger partial charge on any atom is -0.497 e. The maximum Gasteiger partial charge on any atom is 0.126 e. The van der Waals surface area contributed by atoms with E-state index < -0.39 is 17.7 Å². The van der Waals surface area contributed by atoms with Gasteiger partial charge in [-0.2, -0.15) is 0 Å². The fraction of sp³-hybridized carbons (Fsp3) is 0.150. The van der Waals surface area contributed by atoms with Crippen LogP contribution in [0.2, 0.25) is 0 Å². The van der Waals surface area contributed by atoms with Gasteiger partial charge in [-0.3, -0.25) is 4.98 Å². The van der Waals surface area contributed by atoms with Crippen LogP contribution in [0.4, 0.5) is 8.78 Å². The predicted molar refractivity (Wildman–Crippen MR) is 93.2 cm³/mol. The molecular formula is C20H18F2N2O. The number of nitrogens with two attached hydrogens (primary N) is 1. The first kappa shape index (κ1) is 17.0. The first-order chi connectivity index (χ1) is 12.1. The average molecular weight is 340 g/mol. The maximum absolute atomic E-state index is 13.4. The molecule has 0 spiro atoms. The Hall–Kier alpha value is -2.79. The number of ether oxygens (including phenoxy) is 1. The van der Waals surface area contributed by atoms with Gasteiger partial charge < -0.3 is 10.5 Å². The minimum absolute atomic E-state index is 0.287. The molecule has 0 aliphatic carbocycles. The third-order valence-electron chi connectivity index (χ3n) is 3.97. The molecule has 0 saturated heterocycles. The Morgan fingerprint density at radius 3 is 2.36 bits per heavy atom. The molecule has 3 rings (SSSR count). The highest BCUT2D eigenvalue weighted by Crippen LogP contribution is 2.28. The molecule has 0 bridgehead atoms. The Balaban J connectivity index is 1.91. The third-order valence-corrected chi connectivity index (χ3v) is 3.97. The fourth-order valence-corrected chi connectivity index (χ4v) is 2.81. The maximum atomic E-state index is 13.4. The molecule has 0 unspecified atom stereocenters. The van der Waals surface area contributed by atoms with E-state index in [0.717, 1.165) is 22.9 Å². The molecule has 0 fully saturated rings. The summed E-state index contributed by atoms with van der Waals surface area (Å²) >= 11 is 0. The molecule has 0 aliphatic rings. The molecule has 1 aromatic heterocycles. The third kappa shape index (κ3) is 4.00. The SMILES string of the molecule is COc1ccc(-c2cccnc2[C@@H](N)Cc2cc(F)cc(F)c2)cc1. The molecule has 1 heterocycles. The topological polar surface area (TPSA) is 48.1 Å². The van der Waals surface area contributed by atoms with Crippen LogP contribution in [0.15, 0.2) is 60.8 Å². The Morgan fingerprint density at radius 1 is 1.04 bits per heavy atom. The fourth-order valence-electron chi connectivity index (χ4n) is 2.81. The lowest BCUT2D eigenvalue weighted by Gasteiger charge is -2.16. The predicted octanol–water partition coefficient (Wildman–Crippen LogP) is 4.28. The first-order valence-electron chi connectivity index (χ1n) is 7.86. The van der Waals surface area contributed by atoms with E-state index in [1.165, 1.54) is 12.1 Å². The summed E-state index contributed by atoms with van der Waals surface area (Å²) in [4.78, 5) is 4.39. The number of benzene rings is 2. The van der Waals surface area contributed by atoms with Crippen molar-refractivity contribution in [2.24, 2.45) is 5.73 Å². The first-order valence-corrected chi connectivity index (χ1v) is 7.86. The quantitative estimate of drug-likeness (QED) is 0.754. The van der Waals surface area contributed by atoms with Crippen molar-refractivity contribution in [1.82, 2.24) is 4.98 Å². The molecular weight excluding hydrogens is 322 g/mol. The molecule has 128 valence electrons. The van der Waals surface area contributed by atoms with Gasteiger partial charge in [-0.25, -0.2) is 8.78 Å². The number of methoxy groups -OCH3 is 1. The number of pyridine rings is 1. The van der Waals surface area contributed by atoms with Crippen molar-refractivity contribution in [2.45, 2.75) is 12.5 Å². The van der Waals surface area contributed by atoms with Crippen molar-refractivity contribution >= 4 is 0 Å². The number of hydrogen-bond acceptors (Lipinski definition) is 3. The van der Waals surface area contributed by atoms with Crippen LogP contribution in [0.3, 0.4) is 0 Å². The van der Waals surface area contributed by atoms with Crippen molar-refractivity contribution in [2.75, 3.05) is 7.11 Å². The van der Waals surface area contributed by atoms with Crippen LogP contribution in [0.5, 0.6) is 5.75 Å². The minimum atomic E-state index is -0.612. The molecule has 0 radical (unpaired) electrons. The average Bonchev–Trinajstić information content (AvgIpc) is 2.61. The largest absolute Gasteiger partial charge is 0.497 e. The van der Waals surface area contributed by atoms with Gasteiger partial charge in [-0.1, -0.05) is 18.2 Å². The molecule has 3 aromatic rings. The molecule has 0 aliphatic heterocycles. The summed E-state index contributed by atoms with van der Waals surface area (Å²) in [6, 6.07) is 14.3. The summed E-state index contributed by atoms with van der Waals surface area (Å²) in [6.07, 6.45) is 1.95. The number of aromatic nitrogens is 1. The highest BCUT2D eigenvalue weighted by atomic mass is 19.1. The Labute approximate surface area is 145 Å². The normalized spacial score (nSPS) is 12.0. The summed E-state index contributed by atoms with van der Waals surface area (Å²) < 4.78 is 31.9. The molecule has 1 atom stereocenters. The Bertz CT molecular complexity index is 846. The van der Waals surface area contributed by atoms with Crippen LogP contribution in [-0.4, -0.2) is 12.1 Å². The second kappa shape index (κ2) is 7.40. The lowest BCUT2D eigenvalue weighted by atomic mass is 9.96. The van der Waals surface area contributed by atoms with Crippen molar-refractivity contribution in [1.29, 1.82) is 0 Å². The number of halogens is 2. The zero-order chi connectivity index (χ0) is 17.8. The molecule has 5 heteroatoms. The zero-order valence-corrected chi connectivity index (χ0v) is 13.7. The van der Waals surface area contributed by atoms with Gasteiger partial charge in [0.1, 0.15) is 17.4 Å². The lowest BCUT2D eigenvalue weighted by molar-refractivity contribution is 0.415. The van der Waals surface area contributed by atoms with Crippen molar-refractivity contribution in [3.8, 4) is 16.9 Å². The van der Waals surface area contributed by atoms with Crippen LogP contribution in [0.1, 0.15) is 17.3 Å². The Kier molecular flexibility index (Phi) is 5.05. The molecule has 2 aromatic carbocycles. The van der Waals surface area contributed by atoms with Crippen LogP contribution >= 0.6 is 0 Å². The van der Waals surface area contributed by atoms with E-state index in [1.807, 2.05) is 36.4 Å². The molecule has 3 nitrogen and oxygen atoms in total. The van der Waals surface area contributed by atoms with Gasteiger partial charge >= 0.3 is 0 Å². The standard InChI is InChI=1S/C20H18F2N2O/c1-25-17-6-4-14(5-7-17)18-3-2-8-24-20(18)19(23)11-13-9-15(21)12-16(22)10-13/h2-10,12,19H,11,23H2,1H3/t19-/m0/s1. The second-order valence-electron chi connectivity index (χ2n) is 5.75. The van der Waals surface area contributed by atoms with Gasteiger partial charge in [0.2, 0.25) is 0 Å². The van der Waals surface area contributed by atoms with Gasteiger partial charge in [0, 0.05) is 17.8 Å². The second-order valence-corrected chi connectivity index (χ2v) is 5.75. The monoisotopic (exact) mass is 340 g/mol. The van der Waals surface area contributed by atoms with Crippen LogP contribution in [0, 0.1) is 11.6 Å². The Morgan fingerprint density at radius 2 is 1.72 bits per heavy atom. The summed E-state index contributed by atoms with van der Waals surface area (Å²) in [6.45, 7) is 0. The van der Waals surface area contributed by atoms with Crippen LogP contribution in [0.25, 0.3) is 11.1 Å². The molecule has 0 saturated carbocycles. The summed E-state index contributed by atoms with van der Waals surface area (Å²) in [5.74, 6) is -0.467. The molecule has 0 amide bonds. The van der Waals surface area contributed by atoms with Crippen molar-refractivity contribution in [3.05, 3.63) is 83.7 Å². The summed E-state index contributed by atoms with van der Waals surface area (Å²) in [5.41, 5.74) is 9.30. The van der Waals surface area contributed by atoms with E-state index >= 15 is 0 Å². The highest BCUT2D eigenvalue weighted by Gasteiger charge is 2.15. The van der Waals surface area contributed by atoms with Crippen LogP contribution in [-0.2, 0) is 6.42 Å². The van der Waals surface area contributed by atoms with E-state index in [4.69, 9.17) is 10.5 Å². The van der Waals surface area contributed by atoms with E-state index in [-0.39, 0.29) is 6.42 Å². The molecule has 25 heavy (non-hydrogen) atoms. The van der Waals surface area contributed by atoms with Gasteiger partial charge in [-0.05, 0) is 47.9 Å². The number of rotatable bonds is 5. The van der Waals surface area contributed by atoms with Crippen molar-refractivity contribution < 1.29 is 13.5 Å². The molecule has 2 N–H and O–H groups in total. The van der Waals surface area contributed by atoms with Crippen molar-refractivity contribution in [3.63, 3.8) is 0 Å². The van der Waals surface area contributed by atoms with Gasteiger partial charge in [0.25, 0.3) is 0 Å². The smallest absolute Gasteiger partial charge is 0.126 e. The number of hydrogen-bond donors (Lipinski definition) is 1. The van der Waals surface area contributed by atoms with Gasteiger partial charge in [0.05, 0.1) is 18.8 Å². The summed E-state index contributed by atoms with van der Waals surface area (Å²) in [5, 5.41) is 0. The van der Waals surface area contributed by atoms with Crippen LogP contribution < -0.4 is 10.5 Å². The van der Waals surface area contributed by atoms with E-state index in [1.54, 1.807) is 13.3 Å². The van der Waals surface area contributed by atoms with E-state index in [9.17, 15) is 8.78 Å². The van der Waals surface area contributed by atoms with Gasteiger partial charge in [0.15, 0.2) is 0 Å². The van der Waals surface area contributed by atoms with E-state index in [2.05, 4.69) is 4.98 Å². The zero-order valence-electron chi connectivity index (χ0n) is 13.7. The number of nitrogens with zero attached hydrogens (tertiary/aromatic N) is 1. The lowest BCUT2D eigenvalue weighted by Crippen LogP contribution is -2.16. The van der Waals surface area contributed by atoms with Gasteiger partial charge in [-0.15, -0.1) is 0 Å².